The lowest BCUT2D eigenvalue weighted by molar-refractivity contribution is -0.142. The van der Waals surface area contributed by atoms with Crippen LogP contribution in [0.4, 0.5) is 0 Å². The summed E-state index contributed by atoms with van der Waals surface area (Å²) in [6.07, 6.45) is 0.381. The van der Waals surface area contributed by atoms with Crippen LogP contribution in [0.1, 0.15) is 27.2 Å². The molecule has 14 heavy (non-hydrogen) atoms. The van der Waals surface area contributed by atoms with E-state index in [-0.39, 0.29) is 5.92 Å². The van der Waals surface area contributed by atoms with Crippen molar-refractivity contribution in [2.45, 2.75) is 39.3 Å². The fourth-order valence-corrected chi connectivity index (χ4v) is 0.990. The Morgan fingerprint density at radius 1 is 1.50 bits per heavy atom. The molecular formula is C9H18N2O3. The molecule has 1 amide bonds. The molecule has 0 aliphatic heterocycles. The molecule has 82 valence electrons. The zero-order valence-electron chi connectivity index (χ0n) is 9.70. The fourth-order valence-electron chi connectivity index (χ4n) is 0.990. The van der Waals surface area contributed by atoms with Gasteiger partial charge in [-0.3, -0.25) is 4.79 Å². The normalized spacial score (nSPS) is 15.9. The van der Waals surface area contributed by atoms with E-state index >= 15 is 0 Å². The van der Waals surface area contributed by atoms with Crippen LogP contribution in [-0.2, 0) is 9.59 Å². The zero-order chi connectivity index (χ0) is 12.0. The summed E-state index contributed by atoms with van der Waals surface area (Å²) in [6.45, 7) is 5.26. The average Bonchev–Trinajstić information content (AvgIpc) is 2.14. The number of hydrogen-bond donors (Lipinski definition) is 3. The van der Waals surface area contributed by atoms with Gasteiger partial charge in [0.05, 0.1) is 6.04 Å². The smallest absolute Gasteiger partial charge is 0.326 e. The number of nitrogens with two attached hydrogens (primary N) is 1. The third kappa shape index (κ3) is 4.81. The molecule has 0 saturated heterocycles. The van der Waals surface area contributed by atoms with Crippen LogP contribution in [-0.4, -0.2) is 29.1 Å². The lowest BCUT2D eigenvalue weighted by Crippen LogP contribution is -2.47. The Balaban J connectivity index is 4.29. The van der Waals surface area contributed by atoms with E-state index in [4.69, 9.17) is 6.52 Å². The molecule has 0 aliphatic rings. The van der Waals surface area contributed by atoms with Gasteiger partial charge in [-0.25, -0.2) is 4.79 Å². The molecule has 0 spiro atoms. The molecule has 0 radical (unpaired) electrons. The van der Waals surface area contributed by atoms with Gasteiger partial charge >= 0.3 is 5.97 Å². The summed E-state index contributed by atoms with van der Waals surface area (Å²) in [6, 6.07) is -1.59. The van der Waals surface area contributed by atoms with Crippen LogP contribution in [0.3, 0.4) is 0 Å². The van der Waals surface area contributed by atoms with Crippen LogP contribution in [0.15, 0.2) is 0 Å². The summed E-state index contributed by atoms with van der Waals surface area (Å²) < 4.78 is 6.77. The van der Waals surface area contributed by atoms with Gasteiger partial charge < -0.3 is 16.2 Å². The highest BCUT2D eigenvalue weighted by atomic mass is 16.4. The highest BCUT2D eigenvalue weighted by molar-refractivity contribution is 5.86. The first kappa shape index (κ1) is 11.0. The predicted octanol–water partition coefficient (Wildman–Crippen LogP) is -0.0509. The van der Waals surface area contributed by atoms with Gasteiger partial charge in [-0.2, -0.15) is 0 Å². The van der Waals surface area contributed by atoms with Crippen LogP contribution < -0.4 is 11.0 Å². The first-order valence-electron chi connectivity index (χ1n) is 5.09. The largest absolute Gasteiger partial charge is 0.480 e. The number of carboxylic acid groups (broad SMARTS) is 1. The van der Waals surface area contributed by atoms with Crippen LogP contribution in [0.5, 0.6) is 0 Å². The van der Waals surface area contributed by atoms with Crippen molar-refractivity contribution in [2.24, 2.45) is 11.6 Å². The Morgan fingerprint density at radius 2 is 2.07 bits per heavy atom. The monoisotopic (exact) mass is 203 g/mol. The van der Waals surface area contributed by atoms with Gasteiger partial charge in [-0.1, -0.05) is 13.8 Å². The van der Waals surface area contributed by atoms with Crippen molar-refractivity contribution in [1.82, 2.24) is 5.32 Å². The average molecular weight is 203 g/mol. The molecule has 0 saturated carbocycles. The second-order valence-corrected chi connectivity index (χ2v) is 3.75. The van der Waals surface area contributed by atoms with Crippen molar-refractivity contribution in [3.05, 3.63) is 0 Å². The lowest BCUT2D eigenvalue weighted by atomic mass is 10.0. The van der Waals surface area contributed by atoms with Gasteiger partial charge in [0.15, 0.2) is 0 Å². The van der Waals surface area contributed by atoms with E-state index in [0.717, 1.165) is 0 Å². The first-order valence-corrected chi connectivity index (χ1v) is 4.59. The quantitative estimate of drug-likeness (QED) is 0.564. The molecule has 0 aromatic rings. The van der Waals surface area contributed by atoms with Crippen molar-refractivity contribution in [2.75, 3.05) is 0 Å². The number of amides is 1. The Labute approximate surface area is 85.1 Å². The van der Waals surface area contributed by atoms with E-state index in [1.54, 1.807) is 0 Å². The highest BCUT2D eigenvalue weighted by Gasteiger charge is 2.22. The number of hydrogen-bond acceptors (Lipinski definition) is 3. The molecule has 0 unspecified atom stereocenters. The van der Waals surface area contributed by atoms with Gasteiger partial charge in [0.2, 0.25) is 5.91 Å². The minimum absolute atomic E-state index is 0.186. The molecule has 0 bridgehead atoms. The molecule has 2 atom stereocenters. The SMILES string of the molecule is [2H]N[C@H](C)C(=O)N[C@@H](CC(C)C)C(=O)O. The molecule has 0 aliphatic carbocycles. The third-order valence-electron chi connectivity index (χ3n) is 1.71. The van der Waals surface area contributed by atoms with E-state index in [9.17, 15) is 9.59 Å². The Kier molecular flexibility index (Phi) is 4.39. The second kappa shape index (κ2) is 5.59. The Hall–Kier alpha value is -1.10. The summed E-state index contributed by atoms with van der Waals surface area (Å²) >= 11 is 0. The zero-order valence-corrected chi connectivity index (χ0v) is 8.70. The van der Waals surface area contributed by atoms with Crippen molar-refractivity contribution < 1.29 is 16.1 Å². The summed E-state index contributed by atoms with van der Waals surface area (Å²) in [5.41, 5.74) is 2.01. The number of carboxylic acids is 1. The molecular weight excluding hydrogens is 184 g/mol. The summed E-state index contributed by atoms with van der Waals surface area (Å²) in [7, 11) is 0. The lowest BCUT2D eigenvalue weighted by Gasteiger charge is -2.17. The van der Waals surface area contributed by atoms with E-state index in [1.807, 2.05) is 19.6 Å². The molecule has 5 heteroatoms. The molecule has 0 rings (SSSR count). The number of carbonyl (C=O) groups is 2. The maximum absolute atomic E-state index is 11.3. The van der Waals surface area contributed by atoms with Gasteiger partial charge in [-0.05, 0) is 19.3 Å². The van der Waals surface area contributed by atoms with Crippen LogP contribution in [0.25, 0.3) is 0 Å². The van der Waals surface area contributed by atoms with Crippen molar-refractivity contribution in [1.29, 1.82) is 0 Å². The summed E-state index contributed by atoms with van der Waals surface area (Å²) in [5.74, 6) is -1.34. The third-order valence-corrected chi connectivity index (χ3v) is 1.71. The van der Waals surface area contributed by atoms with E-state index in [0.29, 0.717) is 6.42 Å². The van der Waals surface area contributed by atoms with Gasteiger partial charge in [0.25, 0.3) is 0 Å². The maximum atomic E-state index is 11.3. The van der Waals surface area contributed by atoms with E-state index in [2.05, 4.69) is 5.32 Å². The van der Waals surface area contributed by atoms with Crippen molar-refractivity contribution in [3.8, 4) is 0 Å². The molecule has 0 fully saturated rings. The Morgan fingerprint density at radius 3 is 2.43 bits per heavy atom. The van der Waals surface area contributed by atoms with Crippen LogP contribution in [0, 0.1) is 5.92 Å². The molecule has 0 heterocycles. The van der Waals surface area contributed by atoms with Crippen molar-refractivity contribution in [3.63, 3.8) is 0 Å². The molecule has 0 aromatic carbocycles. The molecule has 4 N–H and O–H groups in total. The standard InChI is InChI=1S/C9H18N2O3/c1-5(2)4-7(9(13)14)11-8(12)6(3)10/h5-7H,4,10H2,1-3H3,(H,11,12)(H,13,14)/t6-,7+/m1/s1/i/hD. The van der Waals surface area contributed by atoms with Gasteiger partial charge in [-0.15, -0.1) is 0 Å². The Bertz CT molecular complexity index is 233. The van der Waals surface area contributed by atoms with Crippen LogP contribution in [0.2, 0.25) is 1.41 Å². The fraction of sp³-hybridized carbons (Fsp3) is 0.778. The summed E-state index contributed by atoms with van der Waals surface area (Å²) in [5, 5.41) is 11.2. The topological polar surface area (TPSA) is 92.4 Å². The molecule has 0 aromatic heterocycles. The number of nitrogens with one attached hydrogen (secondary N) is 1. The highest BCUT2D eigenvalue weighted by Crippen LogP contribution is 2.04. The number of aliphatic carboxylic acids is 1. The van der Waals surface area contributed by atoms with Gasteiger partial charge in [0, 0.05) is 0 Å². The van der Waals surface area contributed by atoms with Crippen molar-refractivity contribution >= 4 is 11.9 Å². The van der Waals surface area contributed by atoms with E-state index < -0.39 is 24.0 Å². The second-order valence-electron chi connectivity index (χ2n) is 3.75. The molecule has 5 nitrogen and oxygen atoms in total. The van der Waals surface area contributed by atoms with Gasteiger partial charge in [0.1, 0.15) is 7.45 Å². The minimum Gasteiger partial charge on any atom is -0.480 e. The maximum Gasteiger partial charge on any atom is 0.326 e. The first-order chi connectivity index (χ1) is 6.88. The predicted molar refractivity (Wildman–Crippen MR) is 52.7 cm³/mol. The summed E-state index contributed by atoms with van der Waals surface area (Å²) in [4.78, 5) is 22.1. The minimum atomic E-state index is -1.05. The van der Waals surface area contributed by atoms with E-state index in [1.165, 1.54) is 6.92 Å². The number of rotatable bonds is 6. The van der Waals surface area contributed by atoms with Crippen LogP contribution >= 0.6 is 0 Å². The number of carbonyl (C=O) groups excluding carboxylic acids is 1.